The zero-order chi connectivity index (χ0) is 15.6. The molecule has 1 aliphatic heterocycles. The molecule has 1 fully saturated rings. The number of hydrogen-bond acceptors (Lipinski definition) is 2. The topological polar surface area (TPSA) is 36.9 Å². The predicted molar refractivity (Wildman–Crippen MR) is 109 cm³/mol. The summed E-state index contributed by atoms with van der Waals surface area (Å²) in [4.78, 5) is 7.25. The maximum Gasteiger partial charge on any atom is 0.193 e. The summed E-state index contributed by atoms with van der Waals surface area (Å²) in [5, 5.41) is 3.45. The lowest BCUT2D eigenvalue weighted by Crippen LogP contribution is -2.47. The number of aliphatic imine (C=N–C) groups is 1. The van der Waals surface area contributed by atoms with Crippen molar-refractivity contribution >= 4 is 29.9 Å². The first kappa shape index (κ1) is 20.7. The van der Waals surface area contributed by atoms with Crippen molar-refractivity contribution in [2.45, 2.75) is 64.9 Å². The van der Waals surface area contributed by atoms with Crippen molar-refractivity contribution in [1.82, 2.24) is 10.2 Å². The Labute approximate surface area is 159 Å². The average molecular weight is 435 g/mol. The molecule has 0 unspecified atom stereocenters. The highest BCUT2D eigenvalue weighted by Crippen LogP contribution is 2.20. The van der Waals surface area contributed by atoms with Gasteiger partial charge in [0.1, 0.15) is 0 Å². The summed E-state index contributed by atoms with van der Waals surface area (Å²) < 4.78 is 5.74. The number of likely N-dealkylation sites (tertiary alicyclic amines) is 1. The van der Waals surface area contributed by atoms with E-state index in [1.165, 1.54) is 25.7 Å². The predicted octanol–water partition coefficient (Wildman–Crippen LogP) is 3.96. The molecule has 23 heavy (non-hydrogen) atoms. The number of nitrogens with one attached hydrogen (secondary N) is 1. The summed E-state index contributed by atoms with van der Waals surface area (Å²) in [5.74, 6) is 1.09. The zero-order valence-electron chi connectivity index (χ0n) is 14.9. The number of ether oxygens (including phenoxy) is 1. The quantitative estimate of drug-likeness (QED) is 0.297. The van der Waals surface area contributed by atoms with Crippen LogP contribution in [0.4, 0.5) is 0 Å². The molecule has 4 nitrogen and oxygen atoms in total. The fraction of sp³-hybridized carbons (Fsp3) is 0.833. The van der Waals surface area contributed by atoms with Gasteiger partial charge in [0.05, 0.1) is 6.10 Å². The second kappa shape index (κ2) is 12.1. The molecule has 1 aliphatic carbocycles. The zero-order valence-corrected chi connectivity index (χ0v) is 17.2. The second-order valence-corrected chi connectivity index (χ2v) is 6.24. The summed E-state index contributed by atoms with van der Waals surface area (Å²) in [6.07, 6.45) is 11.5. The minimum Gasteiger partial charge on any atom is -0.378 e. The Morgan fingerprint density at radius 2 is 2.09 bits per heavy atom. The van der Waals surface area contributed by atoms with Crippen LogP contribution < -0.4 is 5.32 Å². The first-order chi connectivity index (χ1) is 10.8. The summed E-state index contributed by atoms with van der Waals surface area (Å²) in [6.45, 7) is 9.02. The van der Waals surface area contributed by atoms with Gasteiger partial charge in [-0.2, -0.15) is 0 Å². The van der Waals surface area contributed by atoms with E-state index in [0.29, 0.717) is 6.10 Å². The first-order valence-corrected chi connectivity index (χ1v) is 9.16. The van der Waals surface area contributed by atoms with Gasteiger partial charge >= 0.3 is 0 Å². The third kappa shape index (κ3) is 7.42. The largest absolute Gasteiger partial charge is 0.378 e. The molecule has 2 aliphatic rings. The fourth-order valence-electron chi connectivity index (χ4n) is 3.33. The Hall–Kier alpha value is -0.300. The monoisotopic (exact) mass is 435 g/mol. The highest BCUT2D eigenvalue weighted by atomic mass is 127. The van der Waals surface area contributed by atoms with E-state index in [0.717, 1.165) is 58.0 Å². The molecule has 0 saturated carbocycles. The number of piperidine rings is 1. The Kier molecular flexibility index (Phi) is 10.9. The van der Waals surface area contributed by atoms with Crippen LogP contribution in [0.15, 0.2) is 16.6 Å². The van der Waals surface area contributed by atoms with Gasteiger partial charge in [-0.1, -0.05) is 11.6 Å². The molecule has 0 radical (unpaired) electrons. The molecule has 1 N–H and O–H groups in total. The average Bonchev–Trinajstić information content (AvgIpc) is 2.56. The molecule has 1 heterocycles. The molecule has 1 saturated heterocycles. The van der Waals surface area contributed by atoms with Gasteiger partial charge in [0.2, 0.25) is 0 Å². The number of hydrogen-bond donors (Lipinski definition) is 1. The van der Waals surface area contributed by atoms with E-state index in [1.54, 1.807) is 5.57 Å². The maximum absolute atomic E-state index is 5.74. The second-order valence-electron chi connectivity index (χ2n) is 6.24. The summed E-state index contributed by atoms with van der Waals surface area (Å²) in [6, 6.07) is 0. The highest BCUT2D eigenvalue weighted by molar-refractivity contribution is 14.0. The van der Waals surface area contributed by atoms with Crippen LogP contribution >= 0.6 is 24.0 Å². The SMILES string of the molecule is CCNC(=NCCC1=CCCCC1)N1CCC(OCC)CC1.I. The van der Waals surface area contributed by atoms with Crippen molar-refractivity contribution in [3.05, 3.63) is 11.6 Å². The van der Waals surface area contributed by atoms with Gasteiger partial charge in [-0.05, 0) is 58.8 Å². The van der Waals surface area contributed by atoms with Gasteiger partial charge in [0.15, 0.2) is 5.96 Å². The maximum atomic E-state index is 5.74. The Bertz CT molecular complexity index is 376. The summed E-state index contributed by atoms with van der Waals surface area (Å²) >= 11 is 0. The molecule has 0 aromatic rings. The van der Waals surface area contributed by atoms with E-state index in [2.05, 4.69) is 30.1 Å². The third-order valence-corrected chi connectivity index (χ3v) is 4.56. The van der Waals surface area contributed by atoms with Gasteiger partial charge in [0, 0.05) is 32.8 Å². The van der Waals surface area contributed by atoms with E-state index < -0.39 is 0 Å². The van der Waals surface area contributed by atoms with Crippen molar-refractivity contribution < 1.29 is 4.74 Å². The van der Waals surface area contributed by atoms with Crippen molar-refractivity contribution in [3.8, 4) is 0 Å². The highest BCUT2D eigenvalue weighted by Gasteiger charge is 2.21. The normalized spacial score (nSPS) is 20.0. The van der Waals surface area contributed by atoms with Crippen molar-refractivity contribution in [1.29, 1.82) is 0 Å². The molecule has 5 heteroatoms. The Balaban J connectivity index is 0.00000264. The molecule has 0 spiro atoms. The van der Waals surface area contributed by atoms with Gasteiger partial charge in [0.25, 0.3) is 0 Å². The minimum atomic E-state index is 0. The van der Waals surface area contributed by atoms with E-state index >= 15 is 0 Å². The number of rotatable bonds is 6. The van der Waals surface area contributed by atoms with Gasteiger partial charge in [-0.25, -0.2) is 0 Å². The van der Waals surface area contributed by atoms with Crippen molar-refractivity contribution in [2.24, 2.45) is 4.99 Å². The Morgan fingerprint density at radius 1 is 1.30 bits per heavy atom. The molecule has 2 rings (SSSR count). The van der Waals surface area contributed by atoms with E-state index in [4.69, 9.17) is 9.73 Å². The van der Waals surface area contributed by atoms with Crippen LogP contribution in [-0.4, -0.2) is 49.7 Å². The van der Waals surface area contributed by atoms with Crippen LogP contribution in [0.3, 0.4) is 0 Å². The van der Waals surface area contributed by atoms with E-state index in [1.807, 2.05) is 0 Å². The van der Waals surface area contributed by atoms with Crippen LogP contribution in [0, 0.1) is 0 Å². The van der Waals surface area contributed by atoms with E-state index in [9.17, 15) is 0 Å². The van der Waals surface area contributed by atoms with Crippen LogP contribution in [0.1, 0.15) is 58.8 Å². The third-order valence-electron chi connectivity index (χ3n) is 4.56. The first-order valence-electron chi connectivity index (χ1n) is 9.16. The lowest BCUT2D eigenvalue weighted by molar-refractivity contribution is 0.0264. The Morgan fingerprint density at radius 3 is 2.70 bits per heavy atom. The standard InChI is InChI=1S/C18H33N3O.HI/c1-3-19-18(20-13-10-16-8-6-5-7-9-16)21-14-11-17(12-15-21)22-4-2;/h8,17H,3-7,9-15H2,1-2H3,(H,19,20);1H. The van der Waals surface area contributed by atoms with Crippen molar-refractivity contribution in [3.63, 3.8) is 0 Å². The molecule has 0 amide bonds. The van der Waals surface area contributed by atoms with Crippen LogP contribution in [0.25, 0.3) is 0 Å². The van der Waals surface area contributed by atoms with Gasteiger partial charge in [-0.15, -0.1) is 24.0 Å². The summed E-state index contributed by atoms with van der Waals surface area (Å²) in [7, 11) is 0. The van der Waals surface area contributed by atoms with Gasteiger partial charge in [-0.3, -0.25) is 4.99 Å². The number of guanidine groups is 1. The smallest absolute Gasteiger partial charge is 0.193 e. The number of allylic oxidation sites excluding steroid dienone is 1. The molecular formula is C18H34IN3O. The van der Waals surface area contributed by atoms with Crippen LogP contribution in [0.2, 0.25) is 0 Å². The minimum absolute atomic E-state index is 0. The van der Waals surface area contributed by atoms with E-state index in [-0.39, 0.29) is 24.0 Å². The summed E-state index contributed by atoms with van der Waals surface area (Å²) in [5.41, 5.74) is 1.61. The molecular weight excluding hydrogens is 401 g/mol. The lowest BCUT2D eigenvalue weighted by Gasteiger charge is -2.34. The molecule has 0 bridgehead atoms. The van der Waals surface area contributed by atoms with Crippen molar-refractivity contribution in [2.75, 3.05) is 32.8 Å². The number of halogens is 1. The number of nitrogens with zero attached hydrogens (tertiary/aromatic N) is 2. The fourth-order valence-corrected chi connectivity index (χ4v) is 3.33. The molecule has 0 aromatic carbocycles. The van der Waals surface area contributed by atoms with Crippen LogP contribution in [0.5, 0.6) is 0 Å². The van der Waals surface area contributed by atoms with Gasteiger partial charge < -0.3 is 15.0 Å². The van der Waals surface area contributed by atoms with Crippen LogP contribution in [-0.2, 0) is 4.74 Å². The lowest BCUT2D eigenvalue weighted by atomic mass is 9.97. The molecule has 134 valence electrons. The molecule has 0 aromatic heterocycles. The molecule has 0 atom stereocenters.